The summed E-state index contributed by atoms with van der Waals surface area (Å²) in [6, 6.07) is 23.8. The Labute approximate surface area is 170 Å². The first kappa shape index (κ1) is 20.4. The molecule has 7 heteroatoms. The lowest BCUT2D eigenvalue weighted by Crippen LogP contribution is -2.28. The minimum absolute atomic E-state index is 0.00334. The maximum atomic E-state index is 13.1. The molecule has 0 aliphatic carbocycles. The Morgan fingerprint density at radius 3 is 2.10 bits per heavy atom. The molecule has 0 saturated heterocycles. The molecule has 29 heavy (non-hydrogen) atoms. The van der Waals surface area contributed by atoms with Gasteiger partial charge in [-0.3, -0.25) is 4.31 Å². The predicted octanol–water partition coefficient (Wildman–Crippen LogP) is 3.75. The summed E-state index contributed by atoms with van der Waals surface area (Å²) >= 11 is 0. The molecule has 150 valence electrons. The summed E-state index contributed by atoms with van der Waals surface area (Å²) in [5.74, 6) is -0.0571. The fraction of sp³-hybridized carbons (Fsp3) is 0.136. The van der Waals surface area contributed by atoms with Crippen LogP contribution in [0.25, 0.3) is 0 Å². The van der Waals surface area contributed by atoms with Crippen molar-refractivity contribution in [1.82, 2.24) is 0 Å². The van der Waals surface area contributed by atoms with Crippen LogP contribution in [-0.2, 0) is 14.8 Å². The highest BCUT2D eigenvalue weighted by molar-refractivity contribution is 7.92. The molecule has 0 aliphatic rings. The molecule has 3 aromatic rings. The van der Waals surface area contributed by atoms with Crippen molar-refractivity contribution in [3.63, 3.8) is 0 Å². The zero-order valence-electron chi connectivity index (χ0n) is 15.9. The first-order chi connectivity index (χ1) is 14.0. The van der Waals surface area contributed by atoms with Crippen LogP contribution in [-0.4, -0.2) is 34.6 Å². The number of carbonyl (C=O) groups excluding carboxylic acids is 1. The van der Waals surface area contributed by atoms with E-state index in [4.69, 9.17) is 9.47 Å². The minimum Gasteiger partial charge on any atom is -0.490 e. The average molecular weight is 411 g/mol. The van der Waals surface area contributed by atoms with Crippen LogP contribution in [0.2, 0.25) is 0 Å². The van der Waals surface area contributed by atoms with Crippen LogP contribution in [0.4, 0.5) is 5.69 Å². The fourth-order valence-corrected chi connectivity index (χ4v) is 4.05. The van der Waals surface area contributed by atoms with Crippen molar-refractivity contribution in [2.24, 2.45) is 0 Å². The molecule has 0 radical (unpaired) electrons. The number of ether oxygens (including phenoxy) is 2. The molecule has 3 rings (SSSR count). The van der Waals surface area contributed by atoms with Crippen molar-refractivity contribution < 1.29 is 22.7 Å². The largest absolute Gasteiger partial charge is 0.490 e. The van der Waals surface area contributed by atoms with Crippen LogP contribution < -0.4 is 9.04 Å². The molecule has 6 nitrogen and oxygen atoms in total. The monoisotopic (exact) mass is 411 g/mol. The van der Waals surface area contributed by atoms with Gasteiger partial charge in [0.15, 0.2) is 0 Å². The number of sulfonamides is 1. The van der Waals surface area contributed by atoms with Crippen molar-refractivity contribution in [3.8, 4) is 5.75 Å². The number of nitrogens with zero attached hydrogens (tertiary/aromatic N) is 1. The summed E-state index contributed by atoms with van der Waals surface area (Å²) in [4.78, 5) is 12.4. The second-order valence-electron chi connectivity index (χ2n) is 6.10. The summed E-state index contributed by atoms with van der Waals surface area (Å²) in [5, 5.41) is 0. The third kappa shape index (κ3) is 4.94. The maximum absolute atomic E-state index is 13.1. The second kappa shape index (κ2) is 9.25. The van der Waals surface area contributed by atoms with E-state index in [1.807, 2.05) is 18.2 Å². The molecule has 0 spiro atoms. The molecule has 0 heterocycles. The Morgan fingerprint density at radius 2 is 1.41 bits per heavy atom. The van der Waals surface area contributed by atoms with Crippen molar-refractivity contribution in [1.29, 1.82) is 0 Å². The highest BCUT2D eigenvalue weighted by atomic mass is 32.2. The molecule has 0 aliphatic heterocycles. The van der Waals surface area contributed by atoms with E-state index >= 15 is 0 Å². The summed E-state index contributed by atoms with van der Waals surface area (Å²) in [5.41, 5.74) is 0.474. The highest BCUT2D eigenvalue weighted by Crippen LogP contribution is 2.24. The molecular weight excluding hydrogens is 390 g/mol. The lowest BCUT2D eigenvalue weighted by Gasteiger charge is -2.20. The Kier molecular flexibility index (Phi) is 6.51. The van der Waals surface area contributed by atoms with Crippen LogP contribution in [0.15, 0.2) is 89.8 Å². The van der Waals surface area contributed by atoms with Gasteiger partial charge in [-0.25, -0.2) is 13.2 Å². The Hall–Kier alpha value is -3.32. The molecule has 0 aromatic heterocycles. The van der Waals surface area contributed by atoms with Gasteiger partial charge in [-0.1, -0.05) is 48.5 Å². The molecule has 0 atom stereocenters. The number of hydrogen-bond donors (Lipinski definition) is 0. The summed E-state index contributed by atoms with van der Waals surface area (Å²) < 4.78 is 38.0. The lowest BCUT2D eigenvalue weighted by molar-refractivity contribution is 0.0446. The minimum atomic E-state index is -3.94. The quantitative estimate of drug-likeness (QED) is 0.417. The number of benzene rings is 3. The predicted molar refractivity (Wildman–Crippen MR) is 111 cm³/mol. The van der Waals surface area contributed by atoms with Crippen molar-refractivity contribution in [3.05, 3.63) is 90.5 Å². The van der Waals surface area contributed by atoms with Crippen LogP contribution in [0.1, 0.15) is 10.4 Å². The van der Waals surface area contributed by atoms with Crippen molar-refractivity contribution in [2.75, 3.05) is 24.6 Å². The van der Waals surface area contributed by atoms with Gasteiger partial charge in [0.25, 0.3) is 10.0 Å². The van der Waals surface area contributed by atoms with Gasteiger partial charge in [0.05, 0.1) is 11.3 Å². The van der Waals surface area contributed by atoms with Gasteiger partial charge in [0.2, 0.25) is 0 Å². The molecule has 3 aromatic carbocycles. The zero-order valence-corrected chi connectivity index (χ0v) is 16.7. The van der Waals surface area contributed by atoms with Gasteiger partial charge in [-0.05, 0) is 36.4 Å². The Balaban J connectivity index is 1.71. The standard InChI is InChI=1S/C22H21NO5S/c1-23(18-10-4-2-5-11-18)29(25,26)21-15-9-8-14-20(21)22(24)28-17-16-27-19-12-6-3-7-13-19/h2-15H,16-17H2,1H3. The average Bonchev–Trinajstić information content (AvgIpc) is 2.77. The van der Waals surface area contributed by atoms with E-state index in [1.165, 1.54) is 19.2 Å². The van der Waals surface area contributed by atoms with Gasteiger partial charge in [0.1, 0.15) is 23.9 Å². The number of anilines is 1. The summed E-state index contributed by atoms with van der Waals surface area (Å²) in [6.07, 6.45) is 0. The highest BCUT2D eigenvalue weighted by Gasteiger charge is 2.27. The molecule has 0 bridgehead atoms. The zero-order chi connectivity index (χ0) is 20.7. The van der Waals surface area contributed by atoms with E-state index in [-0.39, 0.29) is 23.7 Å². The van der Waals surface area contributed by atoms with Crippen LogP contribution in [0.5, 0.6) is 5.75 Å². The van der Waals surface area contributed by atoms with E-state index in [2.05, 4.69) is 0 Å². The van der Waals surface area contributed by atoms with Gasteiger partial charge in [-0.2, -0.15) is 0 Å². The van der Waals surface area contributed by atoms with Crippen LogP contribution >= 0.6 is 0 Å². The van der Waals surface area contributed by atoms with E-state index in [0.29, 0.717) is 11.4 Å². The molecule has 0 N–H and O–H groups in total. The molecule has 0 unspecified atom stereocenters. The summed E-state index contributed by atoms with van der Waals surface area (Å²) in [7, 11) is -2.50. The molecule has 0 saturated carbocycles. The van der Waals surface area contributed by atoms with E-state index in [0.717, 1.165) is 4.31 Å². The van der Waals surface area contributed by atoms with Gasteiger partial charge in [0, 0.05) is 7.05 Å². The third-order valence-electron chi connectivity index (χ3n) is 4.19. The molecule has 0 amide bonds. The van der Waals surface area contributed by atoms with E-state index in [1.54, 1.807) is 54.6 Å². The maximum Gasteiger partial charge on any atom is 0.339 e. The first-order valence-electron chi connectivity index (χ1n) is 8.98. The van der Waals surface area contributed by atoms with E-state index < -0.39 is 16.0 Å². The Morgan fingerprint density at radius 1 is 0.828 bits per heavy atom. The van der Waals surface area contributed by atoms with Gasteiger partial charge in [-0.15, -0.1) is 0 Å². The van der Waals surface area contributed by atoms with Crippen LogP contribution in [0, 0.1) is 0 Å². The fourth-order valence-electron chi connectivity index (χ4n) is 2.67. The first-order valence-corrected chi connectivity index (χ1v) is 10.4. The summed E-state index contributed by atoms with van der Waals surface area (Å²) in [6.45, 7) is 0.158. The van der Waals surface area contributed by atoms with Crippen molar-refractivity contribution >= 4 is 21.7 Å². The van der Waals surface area contributed by atoms with Gasteiger partial charge >= 0.3 is 5.97 Å². The molecule has 0 fully saturated rings. The van der Waals surface area contributed by atoms with Crippen molar-refractivity contribution in [2.45, 2.75) is 4.90 Å². The van der Waals surface area contributed by atoms with E-state index in [9.17, 15) is 13.2 Å². The Bertz CT molecular complexity index is 1050. The number of rotatable bonds is 8. The molecular formula is C22H21NO5S. The van der Waals surface area contributed by atoms with Crippen LogP contribution in [0.3, 0.4) is 0 Å². The normalized spacial score (nSPS) is 10.9. The SMILES string of the molecule is CN(c1ccccc1)S(=O)(=O)c1ccccc1C(=O)OCCOc1ccccc1. The van der Waals surface area contributed by atoms with Gasteiger partial charge < -0.3 is 9.47 Å². The number of hydrogen-bond acceptors (Lipinski definition) is 5. The topological polar surface area (TPSA) is 72.9 Å². The number of para-hydroxylation sites is 2. The number of esters is 1. The number of carbonyl (C=O) groups is 1. The third-order valence-corrected chi connectivity index (χ3v) is 6.04. The second-order valence-corrected chi connectivity index (χ2v) is 8.04. The smallest absolute Gasteiger partial charge is 0.339 e. The lowest BCUT2D eigenvalue weighted by atomic mass is 10.2.